The average Bonchev–Trinajstić information content (AvgIpc) is 3.05. The zero-order valence-corrected chi connectivity index (χ0v) is 11.3. The van der Waals surface area contributed by atoms with Crippen LogP contribution < -0.4 is 10.5 Å². The summed E-state index contributed by atoms with van der Waals surface area (Å²) in [6.45, 7) is 4.44. The quantitative estimate of drug-likeness (QED) is 0.767. The molecule has 5 nitrogen and oxygen atoms in total. The Morgan fingerprint density at radius 2 is 1.84 bits per heavy atom. The predicted octanol–water partition coefficient (Wildman–Crippen LogP) is 0.311. The highest BCUT2D eigenvalue weighted by Crippen LogP contribution is 2.38. The van der Waals surface area contributed by atoms with E-state index in [1.807, 2.05) is 0 Å². The average molecular weight is 260 g/mol. The van der Waals surface area contributed by atoms with Crippen molar-refractivity contribution in [3.05, 3.63) is 22.7 Å². The van der Waals surface area contributed by atoms with Gasteiger partial charge in [0, 0.05) is 51.7 Å². The Balaban J connectivity index is 1.51. The molecule has 3 aliphatic rings. The number of likely N-dealkylation sites (tertiary alicyclic amines) is 1. The van der Waals surface area contributed by atoms with Gasteiger partial charge in [-0.05, 0) is 24.7 Å². The van der Waals surface area contributed by atoms with Crippen LogP contribution in [0.1, 0.15) is 12.8 Å². The van der Waals surface area contributed by atoms with Crippen molar-refractivity contribution in [1.29, 1.82) is 0 Å². The van der Waals surface area contributed by atoms with Crippen molar-refractivity contribution >= 4 is 5.82 Å². The first kappa shape index (κ1) is 11.5. The molecule has 2 unspecified atom stereocenters. The molecule has 5 heteroatoms. The van der Waals surface area contributed by atoms with Gasteiger partial charge in [0.2, 0.25) is 0 Å². The summed E-state index contributed by atoms with van der Waals surface area (Å²) in [5.74, 6) is 2.09. The number of nitrogens with zero attached hydrogens (tertiary/aromatic N) is 4. The molecule has 0 amide bonds. The summed E-state index contributed by atoms with van der Waals surface area (Å²) >= 11 is 0. The van der Waals surface area contributed by atoms with Crippen molar-refractivity contribution in [3.63, 3.8) is 0 Å². The van der Waals surface area contributed by atoms with Crippen molar-refractivity contribution in [2.45, 2.75) is 18.9 Å². The molecule has 19 heavy (non-hydrogen) atoms. The minimum absolute atomic E-state index is 0.0292. The van der Waals surface area contributed by atoms with E-state index in [1.165, 1.54) is 25.9 Å². The smallest absolute Gasteiger partial charge is 0.293 e. The lowest BCUT2D eigenvalue weighted by atomic mass is 10.0. The number of hydrogen-bond donors (Lipinski definition) is 0. The third-order valence-electron chi connectivity index (χ3n) is 4.88. The highest BCUT2D eigenvalue weighted by Gasteiger charge is 2.44. The third kappa shape index (κ3) is 1.87. The molecule has 3 fully saturated rings. The molecule has 4 rings (SSSR count). The molecule has 1 aromatic rings. The van der Waals surface area contributed by atoms with Crippen molar-refractivity contribution in [3.8, 4) is 0 Å². The first-order chi connectivity index (χ1) is 9.22. The monoisotopic (exact) mass is 260 g/mol. The van der Waals surface area contributed by atoms with Crippen LogP contribution in [0, 0.1) is 11.8 Å². The third-order valence-corrected chi connectivity index (χ3v) is 4.88. The lowest BCUT2D eigenvalue weighted by Crippen LogP contribution is -2.34. The first-order valence-electron chi connectivity index (χ1n) is 7.23. The largest absolute Gasteiger partial charge is 0.351 e. The highest BCUT2D eigenvalue weighted by atomic mass is 16.1. The molecule has 0 spiro atoms. The maximum atomic E-state index is 12.1. The number of fused-ring (bicyclic) bond motifs is 1. The summed E-state index contributed by atoms with van der Waals surface area (Å²) in [4.78, 5) is 21.3. The van der Waals surface area contributed by atoms with Gasteiger partial charge in [-0.25, -0.2) is 4.98 Å². The number of aryl methyl sites for hydroxylation is 1. The van der Waals surface area contributed by atoms with Crippen molar-refractivity contribution in [2.75, 3.05) is 31.1 Å². The summed E-state index contributed by atoms with van der Waals surface area (Å²) in [5, 5.41) is 0. The standard InChI is InChI=1S/C14H20N4O/c1-16-5-4-15-13(14(16)19)18-8-10-6-17(12-2-3-12)7-11(10)9-18/h4-5,10-12H,2-3,6-9H2,1H3. The lowest BCUT2D eigenvalue weighted by molar-refractivity contribution is 0.306. The maximum Gasteiger partial charge on any atom is 0.293 e. The van der Waals surface area contributed by atoms with Crippen LogP contribution in [0.25, 0.3) is 0 Å². The van der Waals surface area contributed by atoms with E-state index in [1.54, 1.807) is 24.0 Å². The molecule has 0 aromatic carbocycles. The van der Waals surface area contributed by atoms with Gasteiger partial charge in [0.1, 0.15) is 0 Å². The van der Waals surface area contributed by atoms with E-state index in [0.717, 1.165) is 31.0 Å². The number of aromatic nitrogens is 2. The van der Waals surface area contributed by atoms with Crippen LogP contribution in [-0.2, 0) is 7.05 Å². The van der Waals surface area contributed by atoms with Gasteiger partial charge in [0.05, 0.1) is 0 Å². The van der Waals surface area contributed by atoms with E-state index in [2.05, 4.69) is 14.8 Å². The lowest BCUT2D eigenvalue weighted by Gasteiger charge is -2.21. The van der Waals surface area contributed by atoms with Gasteiger partial charge in [-0.1, -0.05) is 0 Å². The summed E-state index contributed by atoms with van der Waals surface area (Å²) in [7, 11) is 1.79. The van der Waals surface area contributed by atoms with Crippen LogP contribution in [0.3, 0.4) is 0 Å². The fourth-order valence-corrected chi connectivity index (χ4v) is 3.64. The van der Waals surface area contributed by atoms with Crippen LogP contribution in [0.5, 0.6) is 0 Å². The Labute approximate surface area is 112 Å². The molecule has 3 heterocycles. The Bertz CT molecular complexity index is 537. The van der Waals surface area contributed by atoms with Crippen molar-refractivity contribution < 1.29 is 0 Å². The topological polar surface area (TPSA) is 41.4 Å². The fraction of sp³-hybridized carbons (Fsp3) is 0.714. The van der Waals surface area contributed by atoms with Crippen LogP contribution >= 0.6 is 0 Å². The molecule has 1 aromatic heterocycles. The predicted molar refractivity (Wildman–Crippen MR) is 73.3 cm³/mol. The molecular formula is C14H20N4O. The molecule has 0 N–H and O–H groups in total. The number of anilines is 1. The minimum Gasteiger partial charge on any atom is -0.351 e. The molecule has 102 valence electrons. The van der Waals surface area contributed by atoms with Crippen LogP contribution in [0.2, 0.25) is 0 Å². The second kappa shape index (κ2) is 4.07. The molecule has 2 saturated heterocycles. The highest BCUT2D eigenvalue weighted by molar-refractivity contribution is 5.38. The van der Waals surface area contributed by atoms with Gasteiger partial charge in [-0.2, -0.15) is 0 Å². The molecule has 1 aliphatic carbocycles. The number of hydrogen-bond acceptors (Lipinski definition) is 4. The van der Waals surface area contributed by atoms with E-state index in [4.69, 9.17) is 0 Å². The van der Waals surface area contributed by atoms with Gasteiger partial charge < -0.3 is 9.47 Å². The summed E-state index contributed by atoms with van der Waals surface area (Å²) in [5.41, 5.74) is 0.0292. The first-order valence-corrected chi connectivity index (χ1v) is 7.23. The number of rotatable bonds is 2. The summed E-state index contributed by atoms with van der Waals surface area (Å²) in [6, 6.07) is 0.877. The van der Waals surface area contributed by atoms with Crippen molar-refractivity contribution in [2.24, 2.45) is 18.9 Å². The zero-order chi connectivity index (χ0) is 13.0. The van der Waals surface area contributed by atoms with E-state index >= 15 is 0 Å². The summed E-state index contributed by atoms with van der Waals surface area (Å²) in [6.07, 6.45) is 6.23. The molecule has 0 radical (unpaired) electrons. The van der Waals surface area contributed by atoms with Gasteiger partial charge in [-0.3, -0.25) is 9.69 Å². The molecule has 0 bridgehead atoms. The van der Waals surface area contributed by atoms with Crippen LogP contribution in [0.15, 0.2) is 17.2 Å². The van der Waals surface area contributed by atoms with E-state index < -0.39 is 0 Å². The Hall–Kier alpha value is -1.36. The van der Waals surface area contributed by atoms with Gasteiger partial charge >= 0.3 is 0 Å². The summed E-state index contributed by atoms with van der Waals surface area (Å²) < 4.78 is 1.62. The molecular weight excluding hydrogens is 240 g/mol. The zero-order valence-electron chi connectivity index (χ0n) is 11.3. The van der Waals surface area contributed by atoms with E-state index in [0.29, 0.717) is 5.82 Å². The molecule has 2 aliphatic heterocycles. The van der Waals surface area contributed by atoms with Crippen LogP contribution in [-0.4, -0.2) is 46.7 Å². The minimum atomic E-state index is 0.0292. The molecule has 1 saturated carbocycles. The van der Waals surface area contributed by atoms with Gasteiger partial charge in [0.15, 0.2) is 5.82 Å². The van der Waals surface area contributed by atoms with E-state index in [-0.39, 0.29) is 5.56 Å². The SMILES string of the molecule is Cn1ccnc(N2CC3CN(C4CC4)CC3C2)c1=O. The Morgan fingerprint density at radius 1 is 1.16 bits per heavy atom. The van der Waals surface area contributed by atoms with Crippen LogP contribution in [0.4, 0.5) is 5.82 Å². The van der Waals surface area contributed by atoms with Crippen molar-refractivity contribution in [1.82, 2.24) is 14.5 Å². The second-order valence-corrected chi connectivity index (χ2v) is 6.28. The fourth-order valence-electron chi connectivity index (χ4n) is 3.64. The van der Waals surface area contributed by atoms with E-state index in [9.17, 15) is 4.79 Å². The molecule has 2 atom stereocenters. The Kier molecular flexibility index (Phi) is 2.45. The normalized spacial score (nSPS) is 30.9. The maximum absolute atomic E-state index is 12.1. The van der Waals surface area contributed by atoms with Gasteiger partial charge in [-0.15, -0.1) is 0 Å². The Morgan fingerprint density at radius 3 is 2.47 bits per heavy atom. The second-order valence-electron chi connectivity index (χ2n) is 6.28. The van der Waals surface area contributed by atoms with Gasteiger partial charge in [0.25, 0.3) is 5.56 Å².